The Labute approximate surface area is 167 Å². The number of primary amides is 1. The van der Waals surface area contributed by atoms with E-state index >= 15 is 0 Å². The van der Waals surface area contributed by atoms with E-state index in [2.05, 4.69) is 10.4 Å². The number of aryl methyl sites for hydroxylation is 1. The first-order valence-corrected chi connectivity index (χ1v) is 9.71. The summed E-state index contributed by atoms with van der Waals surface area (Å²) in [5.74, 6) is -0.851. The van der Waals surface area contributed by atoms with E-state index in [-0.39, 0.29) is 36.1 Å². The lowest BCUT2D eigenvalue weighted by Crippen LogP contribution is -2.36. The summed E-state index contributed by atoms with van der Waals surface area (Å²) in [6.07, 6.45) is 0.474. The zero-order valence-electron chi connectivity index (χ0n) is 15.3. The molecule has 0 fully saturated rings. The van der Waals surface area contributed by atoms with Crippen LogP contribution in [-0.2, 0) is 14.4 Å². The van der Waals surface area contributed by atoms with Crippen molar-refractivity contribution in [3.63, 3.8) is 0 Å². The molecule has 2 aromatic rings. The Morgan fingerprint density at radius 3 is 2.71 bits per heavy atom. The largest absolute Gasteiger partial charge is 0.369 e. The van der Waals surface area contributed by atoms with Crippen LogP contribution < -0.4 is 16.1 Å². The van der Waals surface area contributed by atoms with E-state index in [1.54, 1.807) is 24.3 Å². The topological polar surface area (TPSA) is 105 Å². The number of nitrogens with zero attached hydrogens (tertiary/aromatic N) is 2. The van der Waals surface area contributed by atoms with Crippen LogP contribution in [0, 0.1) is 6.92 Å². The lowest BCUT2D eigenvalue weighted by molar-refractivity contribution is -0.119. The van der Waals surface area contributed by atoms with Gasteiger partial charge in [0.15, 0.2) is 0 Å². The van der Waals surface area contributed by atoms with Crippen molar-refractivity contribution in [1.82, 2.24) is 0 Å². The van der Waals surface area contributed by atoms with E-state index in [1.165, 1.54) is 16.8 Å². The van der Waals surface area contributed by atoms with Crippen molar-refractivity contribution in [2.24, 2.45) is 10.8 Å². The fourth-order valence-corrected chi connectivity index (χ4v) is 3.46. The third kappa shape index (κ3) is 4.77. The maximum absolute atomic E-state index is 12.7. The maximum atomic E-state index is 12.7. The number of amides is 3. The predicted molar refractivity (Wildman–Crippen MR) is 110 cm³/mol. The van der Waals surface area contributed by atoms with Gasteiger partial charge in [-0.1, -0.05) is 24.3 Å². The monoisotopic (exact) mass is 396 g/mol. The molecular weight excluding hydrogens is 376 g/mol. The molecule has 3 rings (SSSR count). The molecule has 3 amide bonds. The quantitative estimate of drug-likeness (QED) is 0.733. The van der Waals surface area contributed by atoms with Gasteiger partial charge in [0.2, 0.25) is 11.8 Å². The predicted octanol–water partition coefficient (Wildman–Crippen LogP) is 2.69. The first kappa shape index (κ1) is 19.6. The van der Waals surface area contributed by atoms with E-state index in [4.69, 9.17) is 5.73 Å². The summed E-state index contributed by atoms with van der Waals surface area (Å²) in [6, 6.07) is 14.5. The van der Waals surface area contributed by atoms with Crippen molar-refractivity contribution < 1.29 is 14.4 Å². The van der Waals surface area contributed by atoms with Crippen LogP contribution in [0.3, 0.4) is 0 Å². The Bertz CT molecular complexity index is 958. The Morgan fingerprint density at radius 2 is 1.96 bits per heavy atom. The van der Waals surface area contributed by atoms with Gasteiger partial charge in [0, 0.05) is 17.7 Å². The van der Waals surface area contributed by atoms with Gasteiger partial charge in [0.1, 0.15) is 5.71 Å². The molecule has 3 N–H and O–H groups in total. The van der Waals surface area contributed by atoms with Crippen LogP contribution >= 0.6 is 11.8 Å². The molecule has 0 bridgehead atoms. The molecule has 0 aliphatic carbocycles. The lowest BCUT2D eigenvalue weighted by Gasteiger charge is -2.23. The Kier molecular flexibility index (Phi) is 6.10. The zero-order chi connectivity index (χ0) is 20.1. The summed E-state index contributed by atoms with van der Waals surface area (Å²) in [7, 11) is 0. The highest BCUT2D eigenvalue weighted by molar-refractivity contribution is 8.00. The summed E-state index contributed by atoms with van der Waals surface area (Å²) in [6.45, 7) is 1.93. The molecule has 1 heterocycles. The molecule has 0 atom stereocenters. The standard InChI is InChI=1S/C20H20N4O3S/c1-13-5-4-6-14(11-13)24-19(26)10-9-16(23-24)20(27)22-15-7-2-3-8-17(15)28-12-18(21)25/h2-8,11H,9-10,12H2,1H3,(H2,21,25)(H,22,27). The summed E-state index contributed by atoms with van der Waals surface area (Å²) in [5, 5.41) is 8.38. The molecular formula is C20H20N4O3S. The van der Waals surface area contributed by atoms with Crippen molar-refractivity contribution in [3.8, 4) is 0 Å². The molecule has 28 heavy (non-hydrogen) atoms. The lowest BCUT2D eigenvalue weighted by atomic mass is 10.1. The van der Waals surface area contributed by atoms with Gasteiger partial charge in [-0.3, -0.25) is 14.4 Å². The molecule has 1 aliphatic heterocycles. The fraction of sp³-hybridized carbons (Fsp3) is 0.200. The second-order valence-electron chi connectivity index (χ2n) is 6.30. The van der Waals surface area contributed by atoms with Gasteiger partial charge in [-0.2, -0.15) is 5.10 Å². The number of hydrazone groups is 1. The molecule has 1 aliphatic rings. The normalized spacial score (nSPS) is 13.8. The number of nitrogens with two attached hydrogens (primary N) is 1. The first-order chi connectivity index (χ1) is 13.4. The molecule has 0 saturated carbocycles. The Balaban J connectivity index is 1.80. The van der Waals surface area contributed by atoms with Crippen molar-refractivity contribution in [2.75, 3.05) is 16.1 Å². The third-order valence-electron chi connectivity index (χ3n) is 4.05. The highest BCUT2D eigenvalue weighted by Gasteiger charge is 2.26. The molecule has 7 nitrogen and oxygen atoms in total. The summed E-state index contributed by atoms with van der Waals surface area (Å²) in [5.41, 5.74) is 7.67. The summed E-state index contributed by atoms with van der Waals surface area (Å²) in [4.78, 5) is 36.8. The first-order valence-electron chi connectivity index (χ1n) is 8.72. The summed E-state index contributed by atoms with van der Waals surface area (Å²) < 4.78 is 0. The maximum Gasteiger partial charge on any atom is 0.271 e. The van der Waals surface area contributed by atoms with Crippen LogP contribution in [-0.4, -0.2) is 29.2 Å². The minimum absolute atomic E-state index is 0.115. The van der Waals surface area contributed by atoms with E-state index in [0.717, 1.165) is 10.5 Å². The number of hydrogen-bond donors (Lipinski definition) is 2. The number of para-hydroxylation sites is 1. The van der Waals surface area contributed by atoms with Gasteiger partial charge in [-0.05, 0) is 36.8 Å². The van der Waals surface area contributed by atoms with Gasteiger partial charge in [0.05, 0.1) is 17.1 Å². The fourth-order valence-electron chi connectivity index (χ4n) is 2.72. The average molecular weight is 396 g/mol. The number of carbonyl (C=O) groups is 3. The van der Waals surface area contributed by atoms with Crippen LogP contribution in [0.2, 0.25) is 0 Å². The number of hydrogen-bond acceptors (Lipinski definition) is 5. The van der Waals surface area contributed by atoms with Crippen molar-refractivity contribution >= 4 is 46.6 Å². The van der Waals surface area contributed by atoms with Gasteiger partial charge in [-0.25, -0.2) is 5.01 Å². The summed E-state index contributed by atoms with van der Waals surface area (Å²) >= 11 is 1.25. The minimum Gasteiger partial charge on any atom is -0.369 e. The van der Waals surface area contributed by atoms with Crippen molar-refractivity contribution in [1.29, 1.82) is 0 Å². The van der Waals surface area contributed by atoms with E-state index < -0.39 is 5.91 Å². The van der Waals surface area contributed by atoms with Crippen LogP contribution in [0.1, 0.15) is 18.4 Å². The van der Waals surface area contributed by atoms with E-state index in [0.29, 0.717) is 11.4 Å². The zero-order valence-corrected chi connectivity index (χ0v) is 16.2. The molecule has 0 unspecified atom stereocenters. The van der Waals surface area contributed by atoms with Crippen LogP contribution in [0.15, 0.2) is 58.5 Å². The Hall–Kier alpha value is -3.13. The van der Waals surface area contributed by atoms with E-state index in [9.17, 15) is 14.4 Å². The van der Waals surface area contributed by atoms with Gasteiger partial charge in [-0.15, -0.1) is 11.8 Å². The molecule has 2 aromatic carbocycles. The molecule has 8 heteroatoms. The minimum atomic E-state index is -0.435. The van der Waals surface area contributed by atoms with Crippen LogP contribution in [0.5, 0.6) is 0 Å². The van der Waals surface area contributed by atoms with E-state index in [1.807, 2.05) is 31.2 Å². The number of thioether (sulfide) groups is 1. The number of anilines is 2. The van der Waals surface area contributed by atoms with Gasteiger partial charge < -0.3 is 11.1 Å². The molecule has 0 radical (unpaired) electrons. The van der Waals surface area contributed by atoms with Gasteiger partial charge >= 0.3 is 0 Å². The van der Waals surface area contributed by atoms with Gasteiger partial charge in [0.25, 0.3) is 5.91 Å². The smallest absolute Gasteiger partial charge is 0.271 e. The average Bonchev–Trinajstić information content (AvgIpc) is 2.67. The number of carbonyl (C=O) groups excluding carboxylic acids is 3. The number of rotatable bonds is 6. The molecule has 0 spiro atoms. The van der Waals surface area contributed by atoms with Crippen molar-refractivity contribution in [3.05, 3.63) is 54.1 Å². The van der Waals surface area contributed by atoms with Crippen molar-refractivity contribution in [2.45, 2.75) is 24.7 Å². The number of nitrogens with one attached hydrogen (secondary N) is 1. The van der Waals surface area contributed by atoms with Crippen LogP contribution in [0.25, 0.3) is 0 Å². The number of benzene rings is 2. The molecule has 0 aromatic heterocycles. The molecule has 0 saturated heterocycles. The third-order valence-corrected chi connectivity index (χ3v) is 5.14. The second kappa shape index (κ2) is 8.71. The highest BCUT2D eigenvalue weighted by Crippen LogP contribution is 2.27. The SMILES string of the molecule is Cc1cccc(N2N=C(C(=O)Nc3ccccc3SCC(N)=O)CCC2=O)c1. The highest BCUT2D eigenvalue weighted by atomic mass is 32.2. The van der Waals surface area contributed by atoms with Crippen LogP contribution in [0.4, 0.5) is 11.4 Å². The second-order valence-corrected chi connectivity index (χ2v) is 7.31. The molecule has 144 valence electrons. The Morgan fingerprint density at radius 1 is 1.18 bits per heavy atom.